The molecular formula is C24H19N3. The second-order valence-corrected chi connectivity index (χ2v) is 6.94. The fourth-order valence-electron chi connectivity index (χ4n) is 3.63. The molecule has 0 amide bonds. The standard InChI is InChI=1S/C24H19N3/c1-17-11-13-19(14-12-17)23-21-16-27(15-18-7-3-2-4-8-18)22-10-6-5-9-20(22)24(21)26-25-23/h2-14,16H,15H2,1H3. The van der Waals surface area contributed by atoms with Gasteiger partial charge in [0.1, 0.15) is 11.4 Å². The molecule has 0 aliphatic carbocycles. The van der Waals surface area contributed by atoms with E-state index in [9.17, 15) is 0 Å². The summed E-state index contributed by atoms with van der Waals surface area (Å²) in [6, 6.07) is 27.4. The highest BCUT2D eigenvalue weighted by Crippen LogP contribution is 2.36. The van der Waals surface area contributed by atoms with E-state index in [0.717, 1.165) is 34.4 Å². The summed E-state index contributed by atoms with van der Waals surface area (Å²) in [6.45, 7) is 2.91. The Kier molecular flexibility index (Phi) is 3.72. The predicted octanol–water partition coefficient (Wildman–Crippen LogP) is 5.56. The van der Waals surface area contributed by atoms with Crippen LogP contribution in [0.4, 0.5) is 0 Å². The largest absolute Gasteiger partial charge is 0.342 e. The number of rotatable bonds is 3. The van der Waals surface area contributed by atoms with Gasteiger partial charge < -0.3 is 4.57 Å². The fourth-order valence-corrected chi connectivity index (χ4v) is 3.63. The first-order valence-electron chi connectivity index (χ1n) is 9.15. The highest BCUT2D eigenvalue weighted by molar-refractivity contribution is 5.98. The van der Waals surface area contributed by atoms with Crippen LogP contribution in [0.5, 0.6) is 0 Å². The zero-order valence-electron chi connectivity index (χ0n) is 15.1. The van der Waals surface area contributed by atoms with Crippen molar-refractivity contribution < 1.29 is 0 Å². The molecule has 0 atom stereocenters. The van der Waals surface area contributed by atoms with Crippen LogP contribution in [-0.4, -0.2) is 14.8 Å². The van der Waals surface area contributed by atoms with Gasteiger partial charge in [0.05, 0.1) is 5.52 Å². The zero-order valence-corrected chi connectivity index (χ0v) is 15.1. The number of para-hydroxylation sites is 1. The molecule has 0 fully saturated rings. The van der Waals surface area contributed by atoms with Crippen LogP contribution in [0.3, 0.4) is 0 Å². The van der Waals surface area contributed by atoms with E-state index in [2.05, 4.69) is 107 Å². The van der Waals surface area contributed by atoms with Gasteiger partial charge in [0.2, 0.25) is 0 Å². The molecule has 3 nitrogen and oxygen atoms in total. The lowest BCUT2D eigenvalue weighted by Gasteiger charge is -2.15. The molecule has 0 bridgehead atoms. The first-order valence-corrected chi connectivity index (χ1v) is 9.15. The van der Waals surface area contributed by atoms with Gasteiger partial charge in [0.15, 0.2) is 0 Å². The van der Waals surface area contributed by atoms with Crippen molar-refractivity contribution in [1.29, 1.82) is 0 Å². The van der Waals surface area contributed by atoms with Crippen LogP contribution >= 0.6 is 0 Å². The van der Waals surface area contributed by atoms with Crippen molar-refractivity contribution in [2.45, 2.75) is 13.5 Å². The molecule has 0 saturated heterocycles. The lowest BCUT2D eigenvalue weighted by atomic mass is 10.0. The number of aromatic nitrogens is 3. The number of pyridine rings is 1. The monoisotopic (exact) mass is 349 g/mol. The molecule has 2 heterocycles. The normalized spacial score (nSPS) is 11.3. The van der Waals surface area contributed by atoms with Crippen LogP contribution in [0.25, 0.3) is 33.4 Å². The highest BCUT2D eigenvalue weighted by Gasteiger charge is 2.19. The van der Waals surface area contributed by atoms with E-state index in [1.165, 1.54) is 16.6 Å². The van der Waals surface area contributed by atoms with E-state index in [0.29, 0.717) is 0 Å². The van der Waals surface area contributed by atoms with E-state index in [1.54, 1.807) is 0 Å². The quantitative estimate of drug-likeness (QED) is 0.427. The van der Waals surface area contributed by atoms with Gasteiger partial charge in [0.25, 0.3) is 0 Å². The van der Waals surface area contributed by atoms with E-state index in [4.69, 9.17) is 0 Å². The second-order valence-electron chi connectivity index (χ2n) is 6.94. The maximum atomic E-state index is 4.53. The van der Waals surface area contributed by atoms with Crippen molar-refractivity contribution in [1.82, 2.24) is 14.8 Å². The molecule has 0 unspecified atom stereocenters. The Balaban J connectivity index is 1.73. The van der Waals surface area contributed by atoms with E-state index >= 15 is 0 Å². The van der Waals surface area contributed by atoms with E-state index < -0.39 is 0 Å². The van der Waals surface area contributed by atoms with Crippen molar-refractivity contribution >= 4 is 10.9 Å². The number of nitrogens with zero attached hydrogens (tertiary/aromatic N) is 3. The Labute approximate surface area is 158 Å². The molecule has 0 radical (unpaired) electrons. The van der Waals surface area contributed by atoms with Gasteiger partial charge in [-0.1, -0.05) is 78.4 Å². The summed E-state index contributed by atoms with van der Waals surface area (Å²) in [5, 5.41) is 10.2. The molecule has 0 N–H and O–H groups in total. The van der Waals surface area contributed by atoms with Crippen LogP contribution in [0.15, 0.2) is 85.1 Å². The minimum Gasteiger partial charge on any atom is -0.342 e. The van der Waals surface area contributed by atoms with Crippen LogP contribution in [-0.2, 0) is 6.54 Å². The van der Waals surface area contributed by atoms with Crippen molar-refractivity contribution in [2.75, 3.05) is 0 Å². The molecule has 2 aliphatic heterocycles. The average molecular weight is 349 g/mol. The molecule has 3 aromatic rings. The van der Waals surface area contributed by atoms with Gasteiger partial charge in [-0.05, 0) is 18.6 Å². The van der Waals surface area contributed by atoms with E-state index in [-0.39, 0.29) is 0 Å². The molecule has 3 heteroatoms. The second kappa shape index (κ2) is 6.36. The Morgan fingerprint density at radius 1 is 0.741 bits per heavy atom. The molecule has 0 saturated carbocycles. The number of hydrogen-bond acceptors (Lipinski definition) is 2. The Morgan fingerprint density at radius 3 is 2.26 bits per heavy atom. The van der Waals surface area contributed by atoms with Gasteiger partial charge in [0, 0.05) is 29.3 Å². The van der Waals surface area contributed by atoms with Crippen LogP contribution in [0.1, 0.15) is 11.1 Å². The third-order valence-electron chi connectivity index (χ3n) is 5.03. The molecule has 0 spiro atoms. The predicted molar refractivity (Wildman–Crippen MR) is 110 cm³/mol. The molecular weight excluding hydrogens is 330 g/mol. The molecule has 130 valence electrons. The minimum atomic E-state index is 0.815. The summed E-state index contributed by atoms with van der Waals surface area (Å²) in [5.74, 6) is 0. The topological polar surface area (TPSA) is 30.7 Å². The van der Waals surface area contributed by atoms with Gasteiger partial charge in [-0.3, -0.25) is 0 Å². The molecule has 3 aromatic carbocycles. The lowest BCUT2D eigenvalue weighted by Crippen LogP contribution is -2.03. The van der Waals surface area contributed by atoms with Crippen LogP contribution < -0.4 is 0 Å². The Bertz CT molecular complexity index is 1190. The van der Waals surface area contributed by atoms with Crippen molar-refractivity contribution in [3.05, 3.63) is 96.2 Å². The first kappa shape index (κ1) is 15.8. The summed E-state index contributed by atoms with van der Waals surface area (Å²) in [5.41, 5.74) is 7.79. The number of aryl methyl sites for hydroxylation is 1. The number of benzene rings is 3. The maximum Gasteiger partial charge on any atom is 0.106 e. The molecule has 5 rings (SSSR count). The zero-order chi connectivity index (χ0) is 18.2. The average Bonchev–Trinajstić information content (AvgIpc) is 3.14. The number of fused-ring (bicyclic) bond motifs is 3. The van der Waals surface area contributed by atoms with Crippen molar-refractivity contribution in [3.63, 3.8) is 0 Å². The molecule has 2 aliphatic rings. The van der Waals surface area contributed by atoms with Gasteiger partial charge in [-0.2, -0.15) is 0 Å². The maximum absolute atomic E-state index is 4.53. The van der Waals surface area contributed by atoms with E-state index in [1.807, 2.05) is 0 Å². The van der Waals surface area contributed by atoms with Crippen LogP contribution in [0, 0.1) is 6.92 Å². The van der Waals surface area contributed by atoms with Crippen molar-refractivity contribution in [3.8, 4) is 22.5 Å². The molecule has 27 heavy (non-hydrogen) atoms. The first-order chi connectivity index (χ1) is 13.3. The summed E-state index contributed by atoms with van der Waals surface area (Å²) in [7, 11) is 0. The molecule has 0 aromatic heterocycles. The smallest absolute Gasteiger partial charge is 0.106 e. The highest BCUT2D eigenvalue weighted by atomic mass is 15.1. The van der Waals surface area contributed by atoms with Gasteiger partial charge in [-0.15, -0.1) is 10.2 Å². The number of hydrogen-bond donors (Lipinski definition) is 0. The minimum absolute atomic E-state index is 0.815. The summed E-state index contributed by atoms with van der Waals surface area (Å²) >= 11 is 0. The summed E-state index contributed by atoms with van der Waals surface area (Å²) in [4.78, 5) is 0. The lowest BCUT2D eigenvalue weighted by molar-refractivity contribution is 0.828. The van der Waals surface area contributed by atoms with Crippen molar-refractivity contribution in [2.24, 2.45) is 0 Å². The third kappa shape index (κ3) is 2.77. The third-order valence-corrected chi connectivity index (χ3v) is 5.03. The van der Waals surface area contributed by atoms with Crippen LogP contribution in [0.2, 0.25) is 0 Å². The fraction of sp³-hybridized carbons (Fsp3) is 0.0833. The Morgan fingerprint density at radius 2 is 1.44 bits per heavy atom. The van der Waals surface area contributed by atoms with Gasteiger partial charge in [-0.25, -0.2) is 0 Å². The SMILES string of the molecule is Cc1ccc(-c2nnc3c4ccccc4n(Cc4ccccc4)cc2-3)cc1. The summed E-state index contributed by atoms with van der Waals surface area (Å²) < 4.78 is 2.30. The summed E-state index contributed by atoms with van der Waals surface area (Å²) in [6.07, 6.45) is 2.19. The Hall–Kier alpha value is -3.46. The van der Waals surface area contributed by atoms with Gasteiger partial charge >= 0.3 is 0 Å².